The van der Waals surface area contributed by atoms with Crippen LogP contribution in [0.3, 0.4) is 0 Å². The molecule has 0 saturated carbocycles. The van der Waals surface area contributed by atoms with Gasteiger partial charge in [0.15, 0.2) is 0 Å². The molecule has 72 valence electrons. The first kappa shape index (κ1) is 10.0. The minimum atomic E-state index is -0.853. The minimum Gasteiger partial charge on any atom is -0.508 e. The summed E-state index contributed by atoms with van der Waals surface area (Å²) < 4.78 is 13.0. The fourth-order valence-electron chi connectivity index (χ4n) is 1.23. The van der Waals surface area contributed by atoms with Crippen molar-refractivity contribution in [1.82, 2.24) is 0 Å². The number of rotatable bonds is 3. The van der Waals surface area contributed by atoms with Gasteiger partial charge in [0, 0.05) is 6.42 Å². The van der Waals surface area contributed by atoms with Crippen LogP contribution in [0, 0.1) is 6.92 Å². The number of alkyl halides is 1. The summed E-state index contributed by atoms with van der Waals surface area (Å²) in [6.45, 7) is 3.70. The van der Waals surface area contributed by atoms with Crippen LogP contribution in [0.5, 0.6) is 5.75 Å². The molecule has 0 aromatic heterocycles. The summed E-state index contributed by atoms with van der Waals surface area (Å²) in [5.41, 5.74) is 1.69. The normalized spacial score (nSPS) is 12.8. The molecule has 0 aliphatic carbocycles. The lowest BCUT2D eigenvalue weighted by molar-refractivity contribution is 0.319. The SMILES string of the molecule is CCC(F)Cc1ccc(C)cc1O. The van der Waals surface area contributed by atoms with Crippen molar-refractivity contribution in [1.29, 1.82) is 0 Å². The summed E-state index contributed by atoms with van der Waals surface area (Å²) in [5.74, 6) is 0.205. The molecular weight excluding hydrogens is 167 g/mol. The van der Waals surface area contributed by atoms with Crippen molar-refractivity contribution in [3.8, 4) is 5.75 Å². The van der Waals surface area contributed by atoms with Crippen molar-refractivity contribution in [2.45, 2.75) is 32.9 Å². The quantitative estimate of drug-likeness (QED) is 0.761. The van der Waals surface area contributed by atoms with E-state index in [1.807, 2.05) is 13.0 Å². The van der Waals surface area contributed by atoms with E-state index in [1.165, 1.54) is 0 Å². The van der Waals surface area contributed by atoms with Crippen LogP contribution >= 0.6 is 0 Å². The molecule has 0 spiro atoms. The van der Waals surface area contributed by atoms with Crippen LogP contribution in [0.4, 0.5) is 4.39 Å². The van der Waals surface area contributed by atoms with Crippen LogP contribution < -0.4 is 0 Å². The van der Waals surface area contributed by atoms with Crippen molar-refractivity contribution >= 4 is 0 Å². The van der Waals surface area contributed by atoms with Crippen LogP contribution in [0.25, 0.3) is 0 Å². The van der Waals surface area contributed by atoms with Crippen molar-refractivity contribution in [2.24, 2.45) is 0 Å². The van der Waals surface area contributed by atoms with E-state index in [4.69, 9.17) is 0 Å². The Morgan fingerprint density at radius 2 is 2.15 bits per heavy atom. The maximum absolute atomic E-state index is 13.0. The minimum absolute atomic E-state index is 0.205. The Kier molecular flexibility index (Phi) is 3.29. The highest BCUT2D eigenvalue weighted by atomic mass is 19.1. The maximum atomic E-state index is 13.0. The molecule has 0 saturated heterocycles. The van der Waals surface area contributed by atoms with Crippen molar-refractivity contribution in [3.05, 3.63) is 29.3 Å². The van der Waals surface area contributed by atoms with Crippen LogP contribution in [-0.2, 0) is 6.42 Å². The summed E-state index contributed by atoms with van der Waals surface area (Å²) in [7, 11) is 0. The Labute approximate surface area is 78.2 Å². The zero-order chi connectivity index (χ0) is 9.84. The average molecular weight is 182 g/mol. The van der Waals surface area contributed by atoms with Gasteiger partial charge in [0.25, 0.3) is 0 Å². The van der Waals surface area contributed by atoms with E-state index in [9.17, 15) is 9.50 Å². The van der Waals surface area contributed by atoms with Gasteiger partial charge in [-0.2, -0.15) is 0 Å². The standard InChI is InChI=1S/C11H15FO/c1-3-10(12)7-9-5-4-8(2)6-11(9)13/h4-6,10,13H,3,7H2,1-2H3. The third-order valence-corrected chi connectivity index (χ3v) is 2.13. The van der Waals surface area contributed by atoms with Gasteiger partial charge in [0.2, 0.25) is 0 Å². The lowest BCUT2D eigenvalue weighted by atomic mass is 10.0. The first-order valence-electron chi connectivity index (χ1n) is 4.56. The number of hydrogen-bond acceptors (Lipinski definition) is 1. The molecule has 1 atom stereocenters. The molecule has 0 fully saturated rings. The molecule has 0 bridgehead atoms. The maximum Gasteiger partial charge on any atom is 0.119 e. The van der Waals surface area contributed by atoms with Gasteiger partial charge in [-0.15, -0.1) is 0 Å². The van der Waals surface area contributed by atoms with Gasteiger partial charge >= 0.3 is 0 Å². The predicted molar refractivity (Wildman–Crippen MR) is 51.7 cm³/mol. The summed E-state index contributed by atoms with van der Waals surface area (Å²) in [5, 5.41) is 9.47. The highest BCUT2D eigenvalue weighted by Gasteiger charge is 2.08. The smallest absolute Gasteiger partial charge is 0.119 e. The summed E-state index contributed by atoms with van der Waals surface area (Å²) >= 11 is 0. The molecule has 0 aliphatic heterocycles. The van der Waals surface area contributed by atoms with Gasteiger partial charge in [0.1, 0.15) is 11.9 Å². The van der Waals surface area contributed by atoms with Gasteiger partial charge in [-0.25, -0.2) is 4.39 Å². The molecule has 2 heteroatoms. The molecule has 1 rings (SSSR count). The van der Waals surface area contributed by atoms with Crippen molar-refractivity contribution in [3.63, 3.8) is 0 Å². The Hall–Kier alpha value is -1.05. The molecule has 13 heavy (non-hydrogen) atoms. The Morgan fingerprint density at radius 1 is 1.46 bits per heavy atom. The molecule has 1 unspecified atom stereocenters. The number of hydrogen-bond donors (Lipinski definition) is 1. The summed E-state index contributed by atoms with van der Waals surface area (Å²) in [6, 6.07) is 5.34. The molecule has 1 nitrogen and oxygen atoms in total. The van der Waals surface area contributed by atoms with E-state index in [2.05, 4.69) is 0 Å². The zero-order valence-corrected chi connectivity index (χ0v) is 8.05. The monoisotopic (exact) mass is 182 g/mol. The summed E-state index contributed by atoms with van der Waals surface area (Å²) in [6.07, 6.45) is -0.0516. The van der Waals surface area contributed by atoms with Crippen LogP contribution in [0.2, 0.25) is 0 Å². The average Bonchev–Trinajstić information content (AvgIpc) is 2.09. The highest BCUT2D eigenvalue weighted by molar-refractivity contribution is 5.36. The number of aromatic hydroxyl groups is 1. The molecular formula is C11H15FO. The van der Waals surface area contributed by atoms with Crippen LogP contribution in [-0.4, -0.2) is 11.3 Å². The fourth-order valence-corrected chi connectivity index (χ4v) is 1.23. The summed E-state index contributed by atoms with van der Waals surface area (Å²) in [4.78, 5) is 0. The number of benzene rings is 1. The van der Waals surface area contributed by atoms with E-state index in [0.717, 1.165) is 5.56 Å². The zero-order valence-electron chi connectivity index (χ0n) is 8.05. The van der Waals surface area contributed by atoms with Crippen molar-refractivity contribution < 1.29 is 9.50 Å². The van der Waals surface area contributed by atoms with E-state index in [1.54, 1.807) is 19.1 Å². The number of halogens is 1. The molecule has 1 aromatic rings. The Bertz CT molecular complexity index is 283. The van der Waals surface area contributed by atoms with Gasteiger partial charge in [-0.1, -0.05) is 19.1 Å². The molecule has 0 radical (unpaired) electrons. The third kappa shape index (κ3) is 2.72. The number of aryl methyl sites for hydroxylation is 1. The predicted octanol–water partition coefficient (Wildman–Crippen LogP) is 2.99. The van der Waals surface area contributed by atoms with Crippen molar-refractivity contribution in [2.75, 3.05) is 0 Å². The van der Waals surface area contributed by atoms with Crippen LogP contribution in [0.15, 0.2) is 18.2 Å². The molecule has 1 N–H and O–H groups in total. The van der Waals surface area contributed by atoms with E-state index in [0.29, 0.717) is 18.4 Å². The second-order valence-electron chi connectivity index (χ2n) is 3.34. The second kappa shape index (κ2) is 4.26. The molecule has 0 heterocycles. The lowest BCUT2D eigenvalue weighted by Gasteiger charge is -2.07. The van der Waals surface area contributed by atoms with E-state index >= 15 is 0 Å². The topological polar surface area (TPSA) is 20.2 Å². The van der Waals surface area contributed by atoms with E-state index in [-0.39, 0.29) is 5.75 Å². The van der Waals surface area contributed by atoms with Gasteiger partial charge in [-0.3, -0.25) is 0 Å². The van der Waals surface area contributed by atoms with Gasteiger partial charge in [-0.05, 0) is 30.5 Å². The fraction of sp³-hybridized carbons (Fsp3) is 0.455. The van der Waals surface area contributed by atoms with Crippen LogP contribution in [0.1, 0.15) is 24.5 Å². The molecule has 0 aliphatic rings. The number of phenolic OH excluding ortho intramolecular Hbond substituents is 1. The second-order valence-corrected chi connectivity index (χ2v) is 3.34. The van der Waals surface area contributed by atoms with Gasteiger partial charge in [0.05, 0.1) is 0 Å². The molecule has 1 aromatic carbocycles. The molecule has 0 amide bonds. The third-order valence-electron chi connectivity index (χ3n) is 2.13. The first-order valence-corrected chi connectivity index (χ1v) is 4.56. The lowest BCUT2D eigenvalue weighted by Crippen LogP contribution is -2.02. The first-order chi connectivity index (χ1) is 6.13. The highest BCUT2D eigenvalue weighted by Crippen LogP contribution is 2.21. The largest absolute Gasteiger partial charge is 0.508 e. The van der Waals surface area contributed by atoms with Gasteiger partial charge < -0.3 is 5.11 Å². The number of phenols is 1. The Balaban J connectivity index is 2.77. The Morgan fingerprint density at radius 3 is 2.69 bits per heavy atom. The van der Waals surface area contributed by atoms with E-state index < -0.39 is 6.17 Å².